The maximum absolute atomic E-state index is 12.7. The summed E-state index contributed by atoms with van der Waals surface area (Å²) < 4.78 is 1.28. The second-order valence-electron chi connectivity index (χ2n) is 6.67. The molecule has 0 spiro atoms. The van der Waals surface area contributed by atoms with E-state index in [-0.39, 0.29) is 24.1 Å². The van der Waals surface area contributed by atoms with E-state index >= 15 is 0 Å². The predicted octanol–water partition coefficient (Wildman–Crippen LogP) is 3.90. The Balaban J connectivity index is 1.57. The highest BCUT2D eigenvalue weighted by molar-refractivity contribution is 6.38. The lowest BCUT2D eigenvalue weighted by Crippen LogP contribution is -2.36. The highest BCUT2D eigenvalue weighted by Crippen LogP contribution is 2.29. The molecule has 1 heterocycles. The Morgan fingerprint density at radius 1 is 1.26 bits per heavy atom. The normalized spacial score (nSPS) is 16.1. The van der Waals surface area contributed by atoms with Crippen molar-refractivity contribution >= 4 is 40.0 Å². The van der Waals surface area contributed by atoms with Crippen LogP contribution >= 0.6 is 23.2 Å². The van der Waals surface area contributed by atoms with Gasteiger partial charge in [0.25, 0.3) is 5.56 Å². The Hall–Kier alpha value is -2.37. The fourth-order valence-corrected chi connectivity index (χ4v) is 4.15. The first kappa shape index (κ1) is 18.0. The zero-order valence-corrected chi connectivity index (χ0v) is 15.9. The van der Waals surface area contributed by atoms with Gasteiger partial charge in [-0.3, -0.25) is 14.2 Å². The lowest BCUT2D eigenvalue weighted by atomic mass is 9.88. The molecule has 138 valence electrons. The van der Waals surface area contributed by atoms with E-state index in [1.165, 1.54) is 28.6 Å². The molecule has 0 radical (unpaired) electrons. The summed E-state index contributed by atoms with van der Waals surface area (Å²) in [5, 5.41) is 4.00. The van der Waals surface area contributed by atoms with Gasteiger partial charge in [0.2, 0.25) is 5.91 Å². The number of aryl methyl sites for hydroxylation is 1. The molecule has 1 atom stereocenters. The molecule has 0 aliphatic heterocycles. The van der Waals surface area contributed by atoms with Gasteiger partial charge in [0.1, 0.15) is 6.54 Å². The molecule has 7 heteroatoms. The molecule has 1 N–H and O–H groups in total. The highest BCUT2D eigenvalue weighted by atomic mass is 35.5. The summed E-state index contributed by atoms with van der Waals surface area (Å²) in [6, 6.07) is 11.2. The van der Waals surface area contributed by atoms with E-state index in [0.29, 0.717) is 20.9 Å². The SMILES string of the molecule is O=C(Cn1cnc2c(Cl)cc(Cl)cc2c1=O)NC1CCCc2ccccc21. The number of rotatable bonds is 3. The molecule has 0 bridgehead atoms. The lowest BCUT2D eigenvalue weighted by molar-refractivity contribution is -0.122. The number of halogens is 2. The van der Waals surface area contributed by atoms with Crippen molar-refractivity contribution < 1.29 is 4.79 Å². The van der Waals surface area contributed by atoms with Gasteiger partial charge in [0, 0.05) is 5.02 Å². The number of fused-ring (bicyclic) bond motifs is 2. The summed E-state index contributed by atoms with van der Waals surface area (Å²) in [4.78, 5) is 29.5. The van der Waals surface area contributed by atoms with Crippen molar-refractivity contribution in [1.82, 2.24) is 14.9 Å². The number of nitrogens with zero attached hydrogens (tertiary/aromatic N) is 2. The summed E-state index contributed by atoms with van der Waals surface area (Å²) in [7, 11) is 0. The molecule has 0 fully saturated rings. The van der Waals surface area contributed by atoms with Crippen molar-refractivity contribution in [3.05, 3.63) is 74.3 Å². The molecular formula is C20H17Cl2N3O2. The first-order valence-electron chi connectivity index (χ1n) is 8.74. The molecule has 0 saturated carbocycles. The Bertz CT molecular complexity index is 1090. The molecular weight excluding hydrogens is 385 g/mol. The van der Waals surface area contributed by atoms with Crippen molar-refractivity contribution in [2.45, 2.75) is 31.8 Å². The van der Waals surface area contributed by atoms with Crippen LogP contribution in [0, 0.1) is 0 Å². The number of nitrogens with one attached hydrogen (secondary N) is 1. The van der Waals surface area contributed by atoms with Gasteiger partial charge in [-0.05, 0) is 42.5 Å². The zero-order chi connectivity index (χ0) is 19.0. The summed E-state index contributed by atoms with van der Waals surface area (Å²) >= 11 is 12.1. The smallest absolute Gasteiger partial charge is 0.261 e. The second kappa shape index (κ2) is 7.33. The Morgan fingerprint density at radius 2 is 2.07 bits per heavy atom. The van der Waals surface area contributed by atoms with Crippen LogP contribution in [0.15, 0.2) is 47.5 Å². The number of carbonyl (C=O) groups excluding carboxylic acids is 1. The molecule has 4 rings (SSSR count). The Morgan fingerprint density at radius 3 is 2.93 bits per heavy atom. The van der Waals surface area contributed by atoms with Crippen LogP contribution in [-0.4, -0.2) is 15.5 Å². The molecule has 3 aromatic rings. The molecule has 5 nitrogen and oxygen atoms in total. The van der Waals surface area contributed by atoms with Crippen LogP contribution in [0.5, 0.6) is 0 Å². The minimum absolute atomic E-state index is 0.0320. The maximum atomic E-state index is 12.7. The topological polar surface area (TPSA) is 64.0 Å². The molecule has 1 amide bonds. The van der Waals surface area contributed by atoms with E-state index < -0.39 is 0 Å². The fraction of sp³-hybridized carbons (Fsp3) is 0.250. The van der Waals surface area contributed by atoms with Crippen molar-refractivity contribution in [1.29, 1.82) is 0 Å². The van der Waals surface area contributed by atoms with Gasteiger partial charge in [-0.25, -0.2) is 4.98 Å². The average molecular weight is 402 g/mol. The van der Waals surface area contributed by atoms with Crippen molar-refractivity contribution in [2.75, 3.05) is 0 Å². The first-order chi connectivity index (χ1) is 13.0. The van der Waals surface area contributed by atoms with Crippen LogP contribution in [0.2, 0.25) is 10.0 Å². The molecule has 1 aliphatic carbocycles. The van der Waals surface area contributed by atoms with E-state index in [1.807, 2.05) is 18.2 Å². The van der Waals surface area contributed by atoms with Crippen molar-refractivity contribution in [3.8, 4) is 0 Å². The number of aromatic nitrogens is 2. The molecule has 27 heavy (non-hydrogen) atoms. The van der Waals surface area contributed by atoms with E-state index in [9.17, 15) is 9.59 Å². The van der Waals surface area contributed by atoms with Gasteiger partial charge in [-0.1, -0.05) is 47.5 Å². The standard InChI is InChI=1S/C20H17Cl2N3O2/c21-13-8-15-19(16(22)9-13)23-11-25(20(15)27)10-18(26)24-17-7-3-5-12-4-1-2-6-14(12)17/h1-2,4,6,8-9,11,17H,3,5,7,10H2,(H,24,26). The monoisotopic (exact) mass is 401 g/mol. The fourth-order valence-electron chi connectivity index (χ4n) is 3.61. The van der Waals surface area contributed by atoms with Gasteiger partial charge in [-0.2, -0.15) is 0 Å². The Kier molecular flexibility index (Phi) is 4.89. The van der Waals surface area contributed by atoms with Gasteiger partial charge in [-0.15, -0.1) is 0 Å². The third kappa shape index (κ3) is 3.57. The number of hydrogen-bond donors (Lipinski definition) is 1. The number of carbonyl (C=O) groups is 1. The quantitative estimate of drug-likeness (QED) is 0.723. The van der Waals surface area contributed by atoms with Crippen molar-refractivity contribution in [3.63, 3.8) is 0 Å². The van der Waals surface area contributed by atoms with Gasteiger partial charge >= 0.3 is 0 Å². The third-order valence-electron chi connectivity index (χ3n) is 4.86. The van der Waals surface area contributed by atoms with Crippen LogP contribution in [0.1, 0.15) is 30.0 Å². The lowest BCUT2D eigenvalue weighted by Gasteiger charge is -2.26. The van der Waals surface area contributed by atoms with Crippen LogP contribution in [0.25, 0.3) is 10.9 Å². The van der Waals surface area contributed by atoms with Gasteiger partial charge in [0.05, 0.1) is 28.3 Å². The summed E-state index contributed by atoms with van der Waals surface area (Å²) in [6.07, 6.45) is 4.28. The average Bonchev–Trinajstić information content (AvgIpc) is 2.65. The first-order valence-corrected chi connectivity index (χ1v) is 9.50. The van der Waals surface area contributed by atoms with Crippen LogP contribution in [0.3, 0.4) is 0 Å². The van der Waals surface area contributed by atoms with Crippen LogP contribution < -0.4 is 10.9 Å². The minimum Gasteiger partial charge on any atom is -0.348 e. The predicted molar refractivity (Wildman–Crippen MR) is 106 cm³/mol. The molecule has 1 unspecified atom stereocenters. The largest absolute Gasteiger partial charge is 0.348 e. The van der Waals surface area contributed by atoms with E-state index in [1.54, 1.807) is 0 Å². The van der Waals surface area contributed by atoms with Gasteiger partial charge < -0.3 is 5.32 Å². The highest BCUT2D eigenvalue weighted by Gasteiger charge is 2.21. The summed E-state index contributed by atoms with van der Waals surface area (Å²) in [6.45, 7) is -0.107. The number of benzene rings is 2. The van der Waals surface area contributed by atoms with E-state index in [4.69, 9.17) is 23.2 Å². The summed E-state index contributed by atoms with van der Waals surface area (Å²) in [5.74, 6) is -0.229. The zero-order valence-electron chi connectivity index (χ0n) is 14.4. The maximum Gasteiger partial charge on any atom is 0.261 e. The molecule has 1 aliphatic rings. The minimum atomic E-state index is -0.344. The van der Waals surface area contributed by atoms with Crippen molar-refractivity contribution in [2.24, 2.45) is 0 Å². The Labute approximate surface area is 165 Å². The number of hydrogen-bond acceptors (Lipinski definition) is 3. The number of amides is 1. The van der Waals surface area contributed by atoms with E-state index in [2.05, 4.69) is 16.4 Å². The second-order valence-corrected chi connectivity index (χ2v) is 7.52. The molecule has 0 saturated heterocycles. The van der Waals surface area contributed by atoms with Crippen LogP contribution in [0.4, 0.5) is 0 Å². The molecule has 2 aromatic carbocycles. The third-order valence-corrected chi connectivity index (χ3v) is 5.37. The summed E-state index contributed by atoms with van der Waals surface area (Å²) in [5.41, 5.74) is 2.45. The molecule has 1 aromatic heterocycles. The van der Waals surface area contributed by atoms with Crippen LogP contribution in [-0.2, 0) is 17.8 Å². The van der Waals surface area contributed by atoms with E-state index in [0.717, 1.165) is 24.8 Å². The van der Waals surface area contributed by atoms with Gasteiger partial charge in [0.15, 0.2) is 0 Å².